The van der Waals surface area contributed by atoms with Gasteiger partial charge in [0.25, 0.3) is 0 Å². The first-order valence-corrected chi connectivity index (χ1v) is 14.6. The van der Waals surface area contributed by atoms with Gasteiger partial charge >= 0.3 is 6.03 Å². The molecule has 8 nitrogen and oxygen atoms in total. The molecule has 1 aromatic heterocycles. The summed E-state index contributed by atoms with van der Waals surface area (Å²) in [5.74, 6) is 0.316. The van der Waals surface area contributed by atoms with Gasteiger partial charge in [0.2, 0.25) is 0 Å². The molecule has 1 aliphatic heterocycles. The van der Waals surface area contributed by atoms with Gasteiger partial charge in [0.1, 0.15) is 12.2 Å². The molecule has 3 aromatic carbocycles. The smallest absolute Gasteiger partial charge is 0.321 e. The molecular weight excluding hydrogens is 538 g/mol. The highest BCUT2D eigenvalue weighted by Crippen LogP contribution is 2.29. The Labute approximate surface area is 252 Å². The average Bonchev–Trinajstić information content (AvgIpc) is 3.33. The van der Waals surface area contributed by atoms with Crippen molar-refractivity contribution in [2.75, 3.05) is 12.3 Å². The number of anilines is 1. The number of nitrogens with two attached hydrogens (primary N) is 1. The number of hydrogen-bond acceptors (Lipinski definition) is 5. The van der Waals surface area contributed by atoms with E-state index >= 15 is 0 Å². The van der Waals surface area contributed by atoms with Crippen molar-refractivity contribution in [2.45, 2.75) is 50.6 Å². The fourth-order valence-corrected chi connectivity index (χ4v) is 5.76. The Hall–Kier alpha value is -4.66. The lowest BCUT2D eigenvalue weighted by molar-refractivity contribution is -0.0394. The van der Waals surface area contributed by atoms with Gasteiger partial charge in [-0.2, -0.15) is 5.10 Å². The zero-order valence-electron chi connectivity index (χ0n) is 24.4. The number of aromatic nitrogens is 2. The predicted octanol–water partition coefficient (Wildman–Crippen LogP) is 3.01. The van der Waals surface area contributed by atoms with Gasteiger partial charge in [-0.15, -0.1) is 0 Å². The number of rotatable bonds is 9. The predicted molar refractivity (Wildman–Crippen MR) is 170 cm³/mol. The molecule has 0 aliphatic carbocycles. The zero-order chi connectivity index (χ0) is 30.3. The van der Waals surface area contributed by atoms with E-state index in [1.165, 1.54) is 0 Å². The van der Waals surface area contributed by atoms with Crippen LogP contribution in [0.25, 0.3) is 12.7 Å². The van der Waals surface area contributed by atoms with E-state index in [1.54, 1.807) is 9.80 Å². The lowest BCUT2D eigenvalue weighted by Crippen LogP contribution is -2.51. The van der Waals surface area contributed by atoms with Crippen molar-refractivity contribution < 1.29 is 15.0 Å². The van der Waals surface area contributed by atoms with E-state index in [2.05, 4.69) is 16.8 Å². The fourth-order valence-electron chi connectivity index (χ4n) is 5.76. The molecule has 8 heteroatoms. The number of urea groups is 1. The second-order valence-electron chi connectivity index (χ2n) is 11.0. The lowest BCUT2D eigenvalue weighted by atomic mass is 9.91. The van der Waals surface area contributed by atoms with E-state index in [1.807, 2.05) is 110 Å². The van der Waals surface area contributed by atoms with Crippen molar-refractivity contribution in [3.05, 3.63) is 130 Å². The monoisotopic (exact) mass is 577 g/mol. The molecule has 5 N–H and O–H groups in total. The molecule has 43 heavy (non-hydrogen) atoms. The van der Waals surface area contributed by atoms with Crippen LogP contribution >= 0.6 is 0 Å². The number of nitrogens with one attached hydrogen (secondary N) is 1. The van der Waals surface area contributed by atoms with Crippen molar-refractivity contribution in [1.29, 1.82) is 0 Å². The van der Waals surface area contributed by atoms with Crippen molar-refractivity contribution in [3.63, 3.8) is 0 Å². The lowest BCUT2D eigenvalue weighted by Gasteiger charge is -2.36. The van der Waals surface area contributed by atoms with E-state index in [0.29, 0.717) is 29.2 Å². The first-order chi connectivity index (χ1) is 20.9. The van der Waals surface area contributed by atoms with Gasteiger partial charge in [-0.1, -0.05) is 104 Å². The molecule has 5 rings (SSSR count). The standard InChI is InChI=1S/C35H39N5O3/c1-3-25(19-29-24(2)37-38-34(29)36)22-39-30(20-26-13-7-4-8-14-26)32(41)33(42)31(21-27-15-9-5-10-16-27)40(35(39)43)23-28-17-11-6-12-18-28/h3-19,30-33,37,41-42H,2,20-23H2,1H3,(H2,36,38)/b25-3+,29-19+/t30-,31-,32+,33+/m1/s1. The summed E-state index contributed by atoms with van der Waals surface area (Å²) in [6, 6.07) is 27.6. The molecule has 1 aliphatic rings. The second-order valence-corrected chi connectivity index (χ2v) is 11.0. The Morgan fingerprint density at radius 3 is 1.81 bits per heavy atom. The van der Waals surface area contributed by atoms with Crippen LogP contribution < -0.4 is 16.3 Å². The van der Waals surface area contributed by atoms with Crippen LogP contribution in [0.5, 0.6) is 0 Å². The molecule has 0 bridgehead atoms. The molecule has 1 fully saturated rings. The van der Waals surface area contributed by atoms with Crippen molar-refractivity contribution in [1.82, 2.24) is 20.0 Å². The SMILES string of the molecule is C=c1[nH]nc(N)/c1=C/C(=C\C)CN1C(=O)N(Cc2ccccc2)[C@H](Cc2ccccc2)[C@H](O)[C@@H](O)[C@H]1Cc1ccccc1. The molecule has 0 saturated carbocycles. The molecule has 2 amide bonds. The Bertz CT molecular complexity index is 1640. The van der Waals surface area contributed by atoms with Crippen LogP contribution in [0.2, 0.25) is 0 Å². The molecule has 2 heterocycles. The number of nitrogens with zero attached hydrogens (tertiary/aromatic N) is 3. The molecule has 4 atom stereocenters. The minimum Gasteiger partial charge on any atom is -0.388 e. The maximum atomic E-state index is 14.8. The molecule has 1 saturated heterocycles. The van der Waals surface area contributed by atoms with Crippen LogP contribution in [-0.4, -0.2) is 67.1 Å². The first kappa shape index (κ1) is 29.8. The number of benzene rings is 3. The Kier molecular flexibility index (Phi) is 9.39. The Morgan fingerprint density at radius 1 is 0.860 bits per heavy atom. The van der Waals surface area contributed by atoms with Crippen LogP contribution in [0.3, 0.4) is 0 Å². The second kappa shape index (κ2) is 13.5. The van der Waals surface area contributed by atoms with Crippen LogP contribution in [0.1, 0.15) is 23.6 Å². The number of hydrogen-bond donors (Lipinski definition) is 4. The van der Waals surface area contributed by atoms with Gasteiger partial charge in [0.15, 0.2) is 5.82 Å². The van der Waals surface area contributed by atoms with Gasteiger partial charge in [0, 0.05) is 18.3 Å². The normalized spacial score (nSPS) is 21.7. The van der Waals surface area contributed by atoms with Crippen LogP contribution in [0, 0.1) is 0 Å². The highest BCUT2D eigenvalue weighted by molar-refractivity contribution is 5.77. The summed E-state index contributed by atoms with van der Waals surface area (Å²) < 4.78 is 0. The number of allylic oxidation sites excluding steroid dienone is 1. The molecule has 4 aromatic rings. The van der Waals surface area contributed by atoms with Gasteiger partial charge < -0.3 is 25.7 Å². The third kappa shape index (κ3) is 6.88. The molecule has 0 spiro atoms. The van der Waals surface area contributed by atoms with E-state index in [9.17, 15) is 15.0 Å². The zero-order valence-corrected chi connectivity index (χ0v) is 24.4. The van der Waals surface area contributed by atoms with E-state index < -0.39 is 24.3 Å². The van der Waals surface area contributed by atoms with Crippen LogP contribution in [0.15, 0.2) is 103 Å². The number of aromatic amines is 1. The topological polar surface area (TPSA) is 119 Å². The maximum absolute atomic E-state index is 14.8. The number of aliphatic hydroxyl groups excluding tert-OH is 2. The molecular formula is C35H39N5O3. The van der Waals surface area contributed by atoms with Gasteiger partial charge in [-0.3, -0.25) is 5.10 Å². The summed E-state index contributed by atoms with van der Waals surface area (Å²) in [6.45, 7) is 6.35. The summed E-state index contributed by atoms with van der Waals surface area (Å²) in [6.07, 6.45) is 2.13. The minimum absolute atomic E-state index is 0.185. The minimum atomic E-state index is -1.21. The van der Waals surface area contributed by atoms with Gasteiger partial charge in [-0.25, -0.2) is 4.79 Å². The molecule has 222 valence electrons. The third-order valence-corrected chi connectivity index (χ3v) is 8.17. The Balaban J connectivity index is 1.60. The first-order valence-electron chi connectivity index (χ1n) is 14.6. The number of H-pyrrole nitrogens is 1. The van der Waals surface area contributed by atoms with Gasteiger partial charge in [-0.05, 0) is 48.1 Å². The average molecular weight is 578 g/mol. The van der Waals surface area contributed by atoms with Gasteiger partial charge in [0.05, 0.1) is 17.4 Å². The van der Waals surface area contributed by atoms with Crippen LogP contribution in [0.4, 0.5) is 10.6 Å². The fraction of sp³-hybridized carbons (Fsp3) is 0.257. The number of nitrogen functional groups attached to an aromatic ring is 1. The van der Waals surface area contributed by atoms with Crippen molar-refractivity contribution in [3.8, 4) is 0 Å². The van der Waals surface area contributed by atoms with Crippen molar-refractivity contribution in [2.24, 2.45) is 0 Å². The summed E-state index contributed by atoms with van der Waals surface area (Å²) >= 11 is 0. The summed E-state index contributed by atoms with van der Waals surface area (Å²) in [5.41, 5.74) is 9.76. The largest absolute Gasteiger partial charge is 0.388 e. The third-order valence-electron chi connectivity index (χ3n) is 8.17. The summed E-state index contributed by atoms with van der Waals surface area (Å²) in [5, 5.41) is 31.8. The molecule has 0 unspecified atom stereocenters. The molecule has 0 radical (unpaired) electrons. The highest BCUT2D eigenvalue weighted by atomic mass is 16.3. The van der Waals surface area contributed by atoms with Crippen LogP contribution in [-0.2, 0) is 19.4 Å². The number of amides is 2. The number of carbonyl (C=O) groups excluding carboxylic acids is 1. The van der Waals surface area contributed by atoms with E-state index in [4.69, 9.17) is 5.73 Å². The Morgan fingerprint density at radius 2 is 1.35 bits per heavy atom. The number of aliphatic hydroxyl groups is 2. The highest BCUT2D eigenvalue weighted by Gasteiger charge is 2.46. The van der Waals surface area contributed by atoms with E-state index in [0.717, 1.165) is 22.3 Å². The van der Waals surface area contributed by atoms with E-state index in [-0.39, 0.29) is 19.1 Å². The van der Waals surface area contributed by atoms with Crippen molar-refractivity contribution >= 4 is 24.5 Å². The quantitative estimate of drug-likeness (QED) is 0.244. The summed E-state index contributed by atoms with van der Waals surface area (Å²) in [4.78, 5) is 18.2. The number of carbonyl (C=O) groups is 1. The maximum Gasteiger partial charge on any atom is 0.321 e. The summed E-state index contributed by atoms with van der Waals surface area (Å²) in [7, 11) is 0.